The van der Waals surface area contributed by atoms with Gasteiger partial charge in [0.05, 0.1) is 17.9 Å². The second-order valence-electron chi connectivity index (χ2n) is 4.59. The van der Waals surface area contributed by atoms with Crippen LogP contribution in [0.3, 0.4) is 0 Å². The zero-order chi connectivity index (χ0) is 13.7. The molecule has 0 saturated carbocycles. The van der Waals surface area contributed by atoms with Crippen molar-refractivity contribution < 1.29 is 4.52 Å². The van der Waals surface area contributed by atoms with Gasteiger partial charge in [0.2, 0.25) is 5.89 Å². The van der Waals surface area contributed by atoms with E-state index in [2.05, 4.69) is 34.3 Å². The molecule has 1 unspecified atom stereocenters. The second kappa shape index (κ2) is 6.42. The molecule has 0 fully saturated rings. The van der Waals surface area contributed by atoms with Gasteiger partial charge in [-0.05, 0) is 12.8 Å². The van der Waals surface area contributed by atoms with Crippen LogP contribution in [0.1, 0.15) is 56.6 Å². The molecule has 104 valence electrons. The van der Waals surface area contributed by atoms with E-state index >= 15 is 0 Å². The summed E-state index contributed by atoms with van der Waals surface area (Å²) < 4.78 is 6.83. The Bertz CT molecular complexity index is 506. The van der Waals surface area contributed by atoms with E-state index in [0.717, 1.165) is 37.2 Å². The Morgan fingerprint density at radius 2 is 2.21 bits per heavy atom. The third-order valence-electron chi connectivity index (χ3n) is 2.82. The van der Waals surface area contributed by atoms with Gasteiger partial charge in [-0.3, -0.25) is 0 Å². The highest BCUT2D eigenvalue weighted by Gasteiger charge is 2.12. The summed E-state index contributed by atoms with van der Waals surface area (Å²) >= 11 is 0. The number of nitrogens with zero attached hydrogens (tertiary/aromatic N) is 5. The van der Waals surface area contributed by atoms with Crippen LogP contribution in [0.25, 0.3) is 0 Å². The second-order valence-corrected chi connectivity index (χ2v) is 4.59. The molecule has 0 aromatic carbocycles. The summed E-state index contributed by atoms with van der Waals surface area (Å²) in [5.41, 5.74) is 6.79. The number of hydrogen-bond acceptors (Lipinski definition) is 6. The van der Waals surface area contributed by atoms with Gasteiger partial charge in [0.25, 0.3) is 0 Å². The molecule has 0 aliphatic heterocycles. The van der Waals surface area contributed by atoms with Gasteiger partial charge in [0.15, 0.2) is 5.82 Å². The van der Waals surface area contributed by atoms with Gasteiger partial charge in [-0.15, -0.1) is 5.10 Å². The van der Waals surface area contributed by atoms with E-state index in [4.69, 9.17) is 10.3 Å². The fraction of sp³-hybridized carbons (Fsp3) is 0.667. The highest BCUT2D eigenvalue weighted by Crippen LogP contribution is 2.12. The van der Waals surface area contributed by atoms with Gasteiger partial charge >= 0.3 is 0 Å². The van der Waals surface area contributed by atoms with Crippen LogP contribution in [0, 0.1) is 0 Å². The quantitative estimate of drug-likeness (QED) is 0.813. The van der Waals surface area contributed by atoms with Crippen molar-refractivity contribution in [2.24, 2.45) is 5.73 Å². The predicted molar refractivity (Wildman–Crippen MR) is 69.3 cm³/mol. The number of nitrogens with two attached hydrogens (primary N) is 1. The zero-order valence-corrected chi connectivity index (χ0v) is 11.4. The average Bonchev–Trinajstić information content (AvgIpc) is 3.00. The summed E-state index contributed by atoms with van der Waals surface area (Å²) in [5.74, 6) is 1.28. The van der Waals surface area contributed by atoms with Crippen LogP contribution in [0.2, 0.25) is 0 Å². The minimum absolute atomic E-state index is 0.0583. The van der Waals surface area contributed by atoms with Crippen LogP contribution in [0.5, 0.6) is 0 Å². The molecule has 19 heavy (non-hydrogen) atoms. The van der Waals surface area contributed by atoms with Gasteiger partial charge in [0.1, 0.15) is 6.54 Å². The van der Waals surface area contributed by atoms with Crippen LogP contribution in [0.4, 0.5) is 0 Å². The molecule has 2 N–H and O–H groups in total. The smallest absolute Gasteiger partial charge is 0.248 e. The lowest BCUT2D eigenvalue weighted by Crippen LogP contribution is -2.10. The molecular formula is C12H20N6O. The largest absolute Gasteiger partial charge is 0.337 e. The lowest BCUT2D eigenvalue weighted by Gasteiger charge is -2.04. The SMILES string of the molecule is CCCc1noc(Cn2cc(C(N)CCC)nn2)n1. The minimum Gasteiger partial charge on any atom is -0.337 e. The lowest BCUT2D eigenvalue weighted by atomic mass is 10.1. The third-order valence-corrected chi connectivity index (χ3v) is 2.82. The Morgan fingerprint density at radius 1 is 1.37 bits per heavy atom. The van der Waals surface area contributed by atoms with Crippen molar-refractivity contribution in [3.63, 3.8) is 0 Å². The Balaban J connectivity index is 1.98. The van der Waals surface area contributed by atoms with Gasteiger partial charge in [-0.1, -0.05) is 30.6 Å². The van der Waals surface area contributed by atoms with Gasteiger partial charge in [0, 0.05) is 6.42 Å². The molecule has 0 spiro atoms. The Kier molecular flexibility index (Phi) is 4.62. The molecule has 0 bridgehead atoms. The molecule has 0 aliphatic carbocycles. The van der Waals surface area contributed by atoms with E-state index in [-0.39, 0.29) is 6.04 Å². The Morgan fingerprint density at radius 3 is 2.95 bits per heavy atom. The molecule has 7 nitrogen and oxygen atoms in total. The molecule has 2 rings (SSSR count). The van der Waals surface area contributed by atoms with Crippen LogP contribution in [-0.4, -0.2) is 25.1 Å². The maximum Gasteiger partial charge on any atom is 0.248 e. The lowest BCUT2D eigenvalue weighted by molar-refractivity contribution is 0.359. The van der Waals surface area contributed by atoms with Crippen molar-refractivity contribution in [3.05, 3.63) is 23.6 Å². The molecule has 2 aromatic heterocycles. The van der Waals surface area contributed by atoms with Crippen LogP contribution in [0.15, 0.2) is 10.7 Å². The van der Waals surface area contributed by atoms with Gasteiger partial charge in [-0.25, -0.2) is 4.68 Å². The first-order valence-corrected chi connectivity index (χ1v) is 6.70. The van der Waals surface area contributed by atoms with Crippen molar-refractivity contribution in [1.29, 1.82) is 0 Å². The normalized spacial score (nSPS) is 12.8. The maximum atomic E-state index is 5.99. The van der Waals surface area contributed by atoms with Crippen molar-refractivity contribution in [2.45, 2.75) is 52.1 Å². The fourth-order valence-corrected chi connectivity index (χ4v) is 1.84. The molecule has 0 aliphatic rings. The van der Waals surface area contributed by atoms with E-state index in [1.165, 1.54) is 0 Å². The van der Waals surface area contributed by atoms with Crippen LogP contribution < -0.4 is 5.73 Å². The Labute approximate surface area is 112 Å². The minimum atomic E-state index is -0.0583. The van der Waals surface area contributed by atoms with E-state index in [1.807, 2.05) is 6.20 Å². The van der Waals surface area contributed by atoms with E-state index in [9.17, 15) is 0 Å². The standard InChI is InChI=1S/C12H20N6O/c1-3-5-9(13)10-7-18(17-15-10)8-12-14-11(6-4-2)16-19-12/h7,9H,3-6,8,13H2,1-2H3. The van der Waals surface area contributed by atoms with Gasteiger partial charge < -0.3 is 10.3 Å². The summed E-state index contributed by atoms with van der Waals surface area (Å²) in [6, 6.07) is -0.0583. The molecule has 0 saturated heterocycles. The molecule has 2 aromatic rings. The monoisotopic (exact) mass is 264 g/mol. The van der Waals surface area contributed by atoms with Crippen molar-refractivity contribution in [1.82, 2.24) is 25.1 Å². The van der Waals surface area contributed by atoms with Crippen molar-refractivity contribution in [3.8, 4) is 0 Å². The Hall–Kier alpha value is -1.76. The molecular weight excluding hydrogens is 244 g/mol. The third kappa shape index (κ3) is 3.60. The molecule has 0 amide bonds. The number of hydrogen-bond donors (Lipinski definition) is 1. The maximum absolute atomic E-state index is 5.99. The molecule has 2 heterocycles. The van der Waals surface area contributed by atoms with Crippen molar-refractivity contribution in [2.75, 3.05) is 0 Å². The molecule has 0 radical (unpaired) electrons. The first-order chi connectivity index (χ1) is 9.22. The summed E-state index contributed by atoms with van der Waals surface area (Å²) in [5, 5.41) is 12.0. The van der Waals surface area contributed by atoms with Crippen LogP contribution >= 0.6 is 0 Å². The average molecular weight is 264 g/mol. The van der Waals surface area contributed by atoms with Crippen LogP contribution in [-0.2, 0) is 13.0 Å². The topological polar surface area (TPSA) is 95.7 Å². The fourth-order valence-electron chi connectivity index (χ4n) is 1.84. The van der Waals surface area contributed by atoms with E-state index in [1.54, 1.807) is 4.68 Å². The predicted octanol–water partition coefficient (Wildman–Crippen LogP) is 1.46. The highest BCUT2D eigenvalue weighted by molar-refractivity contribution is 5.00. The zero-order valence-electron chi connectivity index (χ0n) is 11.4. The van der Waals surface area contributed by atoms with Crippen molar-refractivity contribution >= 4 is 0 Å². The number of rotatable bonds is 7. The number of aryl methyl sites for hydroxylation is 1. The first-order valence-electron chi connectivity index (χ1n) is 6.70. The summed E-state index contributed by atoms with van der Waals surface area (Å²) in [6.45, 7) is 4.61. The van der Waals surface area contributed by atoms with E-state index < -0.39 is 0 Å². The molecule has 1 atom stereocenters. The van der Waals surface area contributed by atoms with E-state index in [0.29, 0.717) is 12.4 Å². The number of aromatic nitrogens is 5. The first kappa shape index (κ1) is 13.7. The summed E-state index contributed by atoms with van der Waals surface area (Å²) in [7, 11) is 0. The summed E-state index contributed by atoms with van der Waals surface area (Å²) in [6.07, 6.45) is 5.59. The summed E-state index contributed by atoms with van der Waals surface area (Å²) in [4.78, 5) is 4.29. The van der Waals surface area contributed by atoms with Gasteiger partial charge in [-0.2, -0.15) is 4.98 Å². The highest BCUT2D eigenvalue weighted by atomic mass is 16.5. The molecule has 7 heteroatoms.